The fraction of sp³-hybridized carbons (Fsp3) is 0.412. The van der Waals surface area contributed by atoms with Crippen molar-refractivity contribution in [1.29, 1.82) is 0 Å². The van der Waals surface area contributed by atoms with E-state index in [0.29, 0.717) is 31.8 Å². The van der Waals surface area contributed by atoms with E-state index in [1.165, 1.54) is 18.2 Å². The number of aryl methyl sites for hydroxylation is 1. The zero-order valence-electron chi connectivity index (χ0n) is 13.0. The van der Waals surface area contributed by atoms with Crippen molar-refractivity contribution in [3.8, 4) is 0 Å². The monoisotopic (exact) mass is 317 g/mol. The van der Waals surface area contributed by atoms with Crippen molar-refractivity contribution in [2.24, 2.45) is 0 Å². The minimum atomic E-state index is -0.439. The highest BCUT2D eigenvalue weighted by Crippen LogP contribution is 2.33. The number of aromatic nitrogens is 2. The number of hydrogen-bond donors (Lipinski definition) is 2. The van der Waals surface area contributed by atoms with Crippen molar-refractivity contribution in [3.05, 3.63) is 63.6 Å². The Bertz CT molecular complexity index is 729. The van der Waals surface area contributed by atoms with Gasteiger partial charge in [0.2, 0.25) is 0 Å². The van der Waals surface area contributed by atoms with E-state index in [2.05, 4.69) is 14.9 Å². The topological polar surface area (TPSA) is 69.2 Å². The molecule has 1 aromatic heterocycles. The van der Waals surface area contributed by atoms with Gasteiger partial charge in [-0.2, -0.15) is 0 Å². The smallest absolute Gasteiger partial charge is 0.251 e. The Balaban J connectivity index is 1.84. The molecule has 0 unspecified atom stereocenters. The van der Waals surface area contributed by atoms with Gasteiger partial charge in [-0.1, -0.05) is 19.1 Å². The average molecular weight is 317 g/mol. The maximum Gasteiger partial charge on any atom is 0.251 e. The zero-order valence-corrected chi connectivity index (χ0v) is 13.0. The number of β-amino-alcohol motifs (C(OH)–C–C–N with tert-alkyl or cyclic N) is 1. The number of aromatic amines is 1. The first-order valence-corrected chi connectivity index (χ1v) is 7.82. The summed E-state index contributed by atoms with van der Waals surface area (Å²) in [6.45, 7) is 2.90. The van der Waals surface area contributed by atoms with E-state index < -0.39 is 6.10 Å². The molecule has 1 aromatic carbocycles. The summed E-state index contributed by atoms with van der Waals surface area (Å²) in [7, 11) is 0. The van der Waals surface area contributed by atoms with Crippen molar-refractivity contribution in [2.75, 3.05) is 6.54 Å². The molecule has 2 atom stereocenters. The van der Waals surface area contributed by atoms with Crippen molar-refractivity contribution in [3.63, 3.8) is 0 Å². The molecule has 1 saturated heterocycles. The summed E-state index contributed by atoms with van der Waals surface area (Å²) in [5.41, 5.74) is 1.55. The van der Waals surface area contributed by atoms with E-state index in [1.54, 1.807) is 12.1 Å². The van der Waals surface area contributed by atoms with Crippen molar-refractivity contribution in [1.82, 2.24) is 14.9 Å². The Hall–Kier alpha value is -2.05. The number of benzene rings is 1. The zero-order chi connectivity index (χ0) is 16.4. The summed E-state index contributed by atoms with van der Waals surface area (Å²) >= 11 is 0. The molecule has 1 fully saturated rings. The summed E-state index contributed by atoms with van der Waals surface area (Å²) < 4.78 is 13.1. The SMILES string of the molecule is CCc1cc(=O)[nH]c(CN2C[C@H](O)C[C@@H]2c2ccc(F)cc2)n1. The van der Waals surface area contributed by atoms with Crippen LogP contribution in [-0.2, 0) is 13.0 Å². The average Bonchev–Trinajstić information content (AvgIpc) is 2.88. The lowest BCUT2D eigenvalue weighted by Crippen LogP contribution is -2.27. The van der Waals surface area contributed by atoms with Gasteiger partial charge in [0, 0.05) is 24.3 Å². The van der Waals surface area contributed by atoms with Gasteiger partial charge >= 0.3 is 0 Å². The molecule has 23 heavy (non-hydrogen) atoms. The number of aliphatic hydroxyl groups is 1. The molecule has 1 aliphatic rings. The number of aliphatic hydroxyl groups excluding tert-OH is 1. The number of H-pyrrole nitrogens is 1. The first-order valence-electron chi connectivity index (χ1n) is 7.82. The standard InChI is InChI=1S/C17H20FN3O2/c1-2-13-7-17(23)20-16(19-13)10-21-9-14(22)8-15(21)11-3-5-12(18)6-4-11/h3-7,14-15,22H,2,8-10H2,1H3,(H,19,20,23)/t14-,15-/m1/s1. The molecule has 0 radical (unpaired) electrons. The van der Waals surface area contributed by atoms with Crippen LogP contribution in [0.2, 0.25) is 0 Å². The molecule has 0 aliphatic carbocycles. The number of rotatable bonds is 4. The molecular formula is C17H20FN3O2. The minimum absolute atomic E-state index is 0.0128. The maximum absolute atomic E-state index is 13.1. The van der Waals surface area contributed by atoms with Gasteiger partial charge < -0.3 is 10.1 Å². The Labute approximate surface area is 133 Å². The van der Waals surface area contributed by atoms with Crippen molar-refractivity contribution < 1.29 is 9.50 Å². The van der Waals surface area contributed by atoms with Gasteiger partial charge in [0.15, 0.2) is 0 Å². The van der Waals surface area contributed by atoms with E-state index in [0.717, 1.165) is 11.3 Å². The third-order valence-corrected chi connectivity index (χ3v) is 4.20. The normalized spacial score (nSPS) is 21.7. The fourth-order valence-corrected chi connectivity index (χ4v) is 3.10. The van der Waals surface area contributed by atoms with Crippen LogP contribution in [0.3, 0.4) is 0 Å². The van der Waals surface area contributed by atoms with Gasteiger partial charge in [-0.05, 0) is 30.5 Å². The van der Waals surface area contributed by atoms with Crippen LogP contribution in [0.4, 0.5) is 4.39 Å². The minimum Gasteiger partial charge on any atom is -0.392 e. The van der Waals surface area contributed by atoms with Crippen LogP contribution >= 0.6 is 0 Å². The van der Waals surface area contributed by atoms with Crippen LogP contribution < -0.4 is 5.56 Å². The maximum atomic E-state index is 13.1. The van der Waals surface area contributed by atoms with E-state index >= 15 is 0 Å². The van der Waals surface area contributed by atoms with E-state index in [1.807, 2.05) is 6.92 Å². The van der Waals surface area contributed by atoms with Gasteiger partial charge in [-0.25, -0.2) is 9.37 Å². The van der Waals surface area contributed by atoms with E-state index in [4.69, 9.17) is 0 Å². The summed E-state index contributed by atoms with van der Waals surface area (Å²) in [5.74, 6) is 0.316. The second kappa shape index (κ2) is 6.60. The lowest BCUT2D eigenvalue weighted by Gasteiger charge is -2.24. The third-order valence-electron chi connectivity index (χ3n) is 4.20. The molecule has 122 valence electrons. The van der Waals surface area contributed by atoms with Crippen LogP contribution in [0.25, 0.3) is 0 Å². The summed E-state index contributed by atoms with van der Waals surface area (Å²) in [5, 5.41) is 10.0. The highest BCUT2D eigenvalue weighted by atomic mass is 19.1. The Morgan fingerprint density at radius 2 is 2.13 bits per heavy atom. The highest BCUT2D eigenvalue weighted by molar-refractivity contribution is 5.21. The second-order valence-corrected chi connectivity index (χ2v) is 5.92. The molecular weight excluding hydrogens is 297 g/mol. The predicted molar refractivity (Wildman–Crippen MR) is 84.4 cm³/mol. The van der Waals surface area contributed by atoms with Gasteiger partial charge in [0.05, 0.1) is 12.6 Å². The van der Waals surface area contributed by atoms with E-state index in [9.17, 15) is 14.3 Å². The number of nitrogens with one attached hydrogen (secondary N) is 1. The predicted octanol–water partition coefficient (Wildman–Crippen LogP) is 1.78. The number of hydrogen-bond acceptors (Lipinski definition) is 4. The van der Waals surface area contributed by atoms with Gasteiger partial charge in [-0.3, -0.25) is 9.69 Å². The molecule has 2 heterocycles. The molecule has 0 saturated carbocycles. The first kappa shape index (κ1) is 15.8. The van der Waals surface area contributed by atoms with Crippen LogP contribution in [0.1, 0.15) is 36.5 Å². The molecule has 2 aromatic rings. The highest BCUT2D eigenvalue weighted by Gasteiger charge is 2.32. The molecule has 6 heteroatoms. The largest absolute Gasteiger partial charge is 0.392 e. The van der Waals surface area contributed by atoms with Crippen LogP contribution in [0.15, 0.2) is 35.1 Å². The Kier molecular flexibility index (Phi) is 4.54. The van der Waals surface area contributed by atoms with Crippen LogP contribution in [0.5, 0.6) is 0 Å². The molecule has 0 bridgehead atoms. The van der Waals surface area contributed by atoms with Crippen LogP contribution in [-0.4, -0.2) is 32.6 Å². The summed E-state index contributed by atoms with van der Waals surface area (Å²) in [4.78, 5) is 21.0. The van der Waals surface area contributed by atoms with Crippen LogP contribution in [0, 0.1) is 5.82 Å². The van der Waals surface area contributed by atoms with Gasteiger partial charge in [0.1, 0.15) is 11.6 Å². The second-order valence-electron chi connectivity index (χ2n) is 5.92. The third kappa shape index (κ3) is 3.65. The summed E-state index contributed by atoms with van der Waals surface area (Å²) in [6, 6.07) is 7.82. The summed E-state index contributed by atoms with van der Waals surface area (Å²) in [6.07, 6.45) is 0.843. The molecule has 0 amide bonds. The number of halogens is 1. The van der Waals surface area contributed by atoms with Gasteiger partial charge in [0.25, 0.3) is 5.56 Å². The molecule has 2 N–H and O–H groups in total. The van der Waals surface area contributed by atoms with Crippen molar-refractivity contribution in [2.45, 2.75) is 38.5 Å². The Morgan fingerprint density at radius 1 is 1.39 bits per heavy atom. The molecule has 0 spiro atoms. The molecule has 3 rings (SSSR count). The van der Waals surface area contributed by atoms with E-state index in [-0.39, 0.29) is 17.4 Å². The first-order chi connectivity index (χ1) is 11.0. The lowest BCUT2D eigenvalue weighted by molar-refractivity contribution is 0.171. The quantitative estimate of drug-likeness (QED) is 0.902. The van der Waals surface area contributed by atoms with Gasteiger partial charge in [-0.15, -0.1) is 0 Å². The Morgan fingerprint density at radius 3 is 2.83 bits per heavy atom. The number of likely N-dealkylation sites (tertiary alicyclic amines) is 1. The lowest BCUT2D eigenvalue weighted by atomic mass is 10.0. The fourth-order valence-electron chi connectivity index (χ4n) is 3.10. The molecule has 1 aliphatic heterocycles. The van der Waals surface area contributed by atoms with Crippen molar-refractivity contribution >= 4 is 0 Å². The number of nitrogens with zero attached hydrogens (tertiary/aromatic N) is 2. The molecule has 5 nitrogen and oxygen atoms in total.